The van der Waals surface area contributed by atoms with Crippen LogP contribution in [0.25, 0.3) is 33.0 Å². The third kappa shape index (κ3) is 4.81. The highest BCUT2D eigenvalue weighted by Crippen LogP contribution is 2.61. The van der Waals surface area contributed by atoms with Crippen LogP contribution in [0.1, 0.15) is 65.3 Å². The van der Waals surface area contributed by atoms with Gasteiger partial charge in [-0.15, -0.1) is 0 Å². The zero-order valence-electron chi connectivity index (χ0n) is 29.5. The summed E-state index contributed by atoms with van der Waals surface area (Å²) in [6.45, 7) is 4.63. The molecule has 0 aromatic heterocycles. The summed E-state index contributed by atoms with van der Waals surface area (Å²) in [6, 6.07) is 56.6. The third-order valence-electron chi connectivity index (χ3n) is 11.6. The Kier molecular flexibility index (Phi) is 7.35. The van der Waals surface area contributed by atoms with Crippen LogP contribution >= 0.6 is 11.8 Å². The van der Waals surface area contributed by atoms with Crippen LogP contribution in [0.4, 0.5) is 0 Å². The summed E-state index contributed by atoms with van der Waals surface area (Å²) in [7, 11) is 0. The van der Waals surface area contributed by atoms with Gasteiger partial charge in [0.1, 0.15) is 0 Å². The normalized spacial score (nSPS) is 19.4. The van der Waals surface area contributed by atoms with E-state index in [2.05, 4.69) is 172 Å². The molecule has 2 heterocycles. The first-order valence-electron chi connectivity index (χ1n) is 18.4. The van der Waals surface area contributed by atoms with Crippen LogP contribution in [0.15, 0.2) is 171 Å². The molecule has 0 fully saturated rings. The van der Waals surface area contributed by atoms with E-state index in [9.17, 15) is 5.26 Å². The fourth-order valence-electron chi connectivity index (χ4n) is 9.09. The van der Waals surface area contributed by atoms with Gasteiger partial charge in [-0.3, -0.25) is 4.99 Å². The number of nitrogens with zero attached hydrogens (tertiary/aromatic N) is 3. The Labute approximate surface area is 314 Å². The molecule has 0 N–H and O–H groups in total. The van der Waals surface area contributed by atoms with Crippen molar-refractivity contribution in [3.63, 3.8) is 0 Å². The second-order valence-electron chi connectivity index (χ2n) is 14.4. The lowest BCUT2D eigenvalue weighted by molar-refractivity contribution is 0.532. The first-order chi connectivity index (χ1) is 26.1. The predicted molar refractivity (Wildman–Crippen MR) is 218 cm³/mol. The van der Waals surface area contributed by atoms with Gasteiger partial charge in [-0.25, -0.2) is 4.99 Å². The van der Waals surface area contributed by atoms with Gasteiger partial charge in [0.15, 0.2) is 5.84 Å². The summed E-state index contributed by atoms with van der Waals surface area (Å²) < 4.78 is 0. The van der Waals surface area contributed by atoms with Gasteiger partial charge in [-0.2, -0.15) is 5.26 Å². The molecule has 0 spiro atoms. The van der Waals surface area contributed by atoms with Crippen LogP contribution in [-0.4, -0.2) is 11.5 Å². The second-order valence-corrected chi connectivity index (χ2v) is 15.5. The number of hydrogen-bond donors (Lipinski definition) is 0. The van der Waals surface area contributed by atoms with Crippen molar-refractivity contribution in [1.82, 2.24) is 0 Å². The molecule has 2 aliphatic heterocycles. The van der Waals surface area contributed by atoms with Crippen molar-refractivity contribution >= 4 is 34.1 Å². The fourth-order valence-corrected chi connectivity index (χ4v) is 10.5. The summed E-state index contributed by atoms with van der Waals surface area (Å²) >= 11 is 1.78. The minimum absolute atomic E-state index is 0.0839. The van der Waals surface area contributed by atoms with Crippen LogP contribution in [0.2, 0.25) is 0 Å². The molecule has 7 aromatic carbocycles. The molecule has 3 unspecified atom stereocenters. The van der Waals surface area contributed by atoms with Gasteiger partial charge in [-0.05, 0) is 105 Å². The van der Waals surface area contributed by atoms with E-state index >= 15 is 0 Å². The highest BCUT2D eigenvalue weighted by Gasteiger charge is 2.47. The Morgan fingerprint density at radius 2 is 1.32 bits per heavy atom. The van der Waals surface area contributed by atoms with E-state index in [0.717, 1.165) is 40.0 Å². The Morgan fingerprint density at radius 1 is 0.642 bits per heavy atom. The molecule has 0 bridgehead atoms. The van der Waals surface area contributed by atoms with Gasteiger partial charge < -0.3 is 0 Å². The number of amidine groups is 1. The van der Waals surface area contributed by atoms with E-state index in [1.165, 1.54) is 54.1 Å². The standard InChI is InChI=1S/C49H35N3S/c1-3-34-46(32-16-8-5-9-17-32)51-48(39-25-24-35(31-14-6-4-7-15-31)36-18-10-11-19-37(36)39)52-47(34)33-22-23-38-40-26-30(29-50)27-44-45(40)49(2,42(38)28-33)41-20-12-13-21-43(41)53-44/h4-28,34,46H,3H2,1-2H3. The summed E-state index contributed by atoms with van der Waals surface area (Å²) in [5, 5.41) is 12.4. The van der Waals surface area contributed by atoms with Gasteiger partial charge in [0.05, 0.1) is 23.4 Å². The van der Waals surface area contributed by atoms with E-state index in [1.54, 1.807) is 11.8 Å². The zero-order chi connectivity index (χ0) is 35.7. The van der Waals surface area contributed by atoms with E-state index in [-0.39, 0.29) is 17.4 Å². The van der Waals surface area contributed by atoms with Crippen molar-refractivity contribution in [3.05, 3.63) is 191 Å². The van der Waals surface area contributed by atoms with Crippen molar-refractivity contribution in [3.8, 4) is 28.3 Å². The van der Waals surface area contributed by atoms with Crippen molar-refractivity contribution in [2.24, 2.45) is 15.9 Å². The molecule has 10 rings (SSSR count). The molecule has 0 saturated carbocycles. The van der Waals surface area contributed by atoms with Crippen LogP contribution < -0.4 is 0 Å². The van der Waals surface area contributed by atoms with Crippen LogP contribution in [0, 0.1) is 17.2 Å². The minimum atomic E-state index is -0.359. The Hall–Kier alpha value is -6.02. The van der Waals surface area contributed by atoms with E-state index in [4.69, 9.17) is 9.98 Å². The van der Waals surface area contributed by atoms with E-state index in [1.807, 2.05) is 0 Å². The summed E-state index contributed by atoms with van der Waals surface area (Å²) in [4.78, 5) is 13.5. The van der Waals surface area contributed by atoms with E-state index < -0.39 is 0 Å². The zero-order valence-corrected chi connectivity index (χ0v) is 30.4. The van der Waals surface area contributed by atoms with Crippen LogP contribution in [0.3, 0.4) is 0 Å². The quantitative estimate of drug-likeness (QED) is 0.180. The Balaban J connectivity index is 1.19. The molecule has 0 radical (unpaired) electrons. The summed E-state index contributed by atoms with van der Waals surface area (Å²) in [6.07, 6.45) is 0.895. The monoisotopic (exact) mass is 697 g/mol. The molecule has 0 saturated heterocycles. The summed E-state index contributed by atoms with van der Waals surface area (Å²) in [5.41, 5.74) is 13.4. The molecule has 7 aromatic rings. The first-order valence-corrected chi connectivity index (χ1v) is 19.2. The molecule has 0 amide bonds. The summed E-state index contributed by atoms with van der Waals surface area (Å²) in [5.74, 6) is 0.852. The number of fused-ring (bicyclic) bond motifs is 6. The number of rotatable bonds is 5. The number of hydrogen-bond acceptors (Lipinski definition) is 4. The lowest BCUT2D eigenvalue weighted by Gasteiger charge is -2.36. The molecule has 252 valence electrons. The predicted octanol–water partition coefficient (Wildman–Crippen LogP) is 12.2. The molecular formula is C49H35N3S. The van der Waals surface area contributed by atoms with Gasteiger partial charge in [0, 0.05) is 26.7 Å². The maximum absolute atomic E-state index is 10.0. The molecule has 4 heteroatoms. The van der Waals surface area contributed by atoms with Gasteiger partial charge in [0.2, 0.25) is 0 Å². The number of nitriles is 1. The maximum Gasteiger partial charge on any atom is 0.156 e. The average molecular weight is 698 g/mol. The lowest BCUT2D eigenvalue weighted by atomic mass is 9.73. The molecule has 53 heavy (non-hydrogen) atoms. The fraction of sp³-hybridized carbons (Fsp3) is 0.122. The van der Waals surface area contributed by atoms with Crippen molar-refractivity contribution in [2.75, 3.05) is 0 Å². The van der Waals surface area contributed by atoms with Crippen LogP contribution in [-0.2, 0) is 5.41 Å². The highest BCUT2D eigenvalue weighted by molar-refractivity contribution is 7.99. The van der Waals surface area contributed by atoms with Crippen molar-refractivity contribution < 1.29 is 0 Å². The van der Waals surface area contributed by atoms with Crippen LogP contribution in [0.5, 0.6) is 0 Å². The highest BCUT2D eigenvalue weighted by atomic mass is 32.2. The third-order valence-corrected chi connectivity index (χ3v) is 12.7. The van der Waals surface area contributed by atoms with E-state index in [0.29, 0.717) is 5.56 Å². The smallest absolute Gasteiger partial charge is 0.156 e. The Morgan fingerprint density at radius 3 is 2.09 bits per heavy atom. The molecule has 3 nitrogen and oxygen atoms in total. The lowest BCUT2D eigenvalue weighted by Crippen LogP contribution is -2.29. The van der Waals surface area contributed by atoms with Gasteiger partial charge >= 0.3 is 0 Å². The Bertz CT molecular complexity index is 2720. The topological polar surface area (TPSA) is 48.5 Å². The SMILES string of the molecule is CCC1C(c2ccc3c(c2)C2(C)c4ccccc4Sc4cc(C#N)cc-3c42)=NC(c2ccc(-c3ccccc3)c3ccccc23)=NC1c1ccccc1. The molecular weight excluding hydrogens is 663 g/mol. The van der Waals surface area contributed by atoms with Gasteiger partial charge in [0.25, 0.3) is 0 Å². The average Bonchev–Trinajstić information content (AvgIpc) is 3.48. The molecule has 3 aliphatic rings. The number of benzene rings is 7. The number of aliphatic imine (C=N–C) groups is 2. The maximum atomic E-state index is 10.0. The largest absolute Gasteiger partial charge is 0.257 e. The van der Waals surface area contributed by atoms with Gasteiger partial charge in [-0.1, -0.05) is 140 Å². The first kappa shape index (κ1) is 31.7. The molecule has 3 atom stereocenters. The second kappa shape index (κ2) is 12.3. The van der Waals surface area contributed by atoms with Crippen molar-refractivity contribution in [2.45, 2.75) is 41.5 Å². The van der Waals surface area contributed by atoms with Crippen molar-refractivity contribution in [1.29, 1.82) is 5.26 Å². The molecule has 1 aliphatic carbocycles. The minimum Gasteiger partial charge on any atom is -0.257 e.